The van der Waals surface area contributed by atoms with Gasteiger partial charge in [-0.2, -0.15) is 8.78 Å². The molecule has 1 N–H and O–H groups in total. The molecule has 0 saturated heterocycles. The molecule has 2 aromatic carbocycles. The number of halogens is 3. The number of hydrogen-bond acceptors (Lipinski definition) is 2. The van der Waals surface area contributed by atoms with Gasteiger partial charge in [-0.3, -0.25) is 4.79 Å². The second-order valence-electron chi connectivity index (χ2n) is 4.62. The molecular weight excluding hydrogens is 312 g/mol. The van der Waals surface area contributed by atoms with Gasteiger partial charge < -0.3 is 10.1 Å². The van der Waals surface area contributed by atoms with Crippen LogP contribution in [0.1, 0.15) is 28.9 Å². The van der Waals surface area contributed by atoms with Crippen LogP contribution in [0.2, 0.25) is 5.02 Å². The number of carbonyl (C=O) groups excluding carboxylic acids is 1. The van der Waals surface area contributed by atoms with Gasteiger partial charge in [-0.25, -0.2) is 0 Å². The van der Waals surface area contributed by atoms with E-state index in [2.05, 4.69) is 10.1 Å². The van der Waals surface area contributed by atoms with Gasteiger partial charge in [0, 0.05) is 10.6 Å². The van der Waals surface area contributed by atoms with Crippen LogP contribution in [0, 0.1) is 0 Å². The van der Waals surface area contributed by atoms with E-state index in [0.29, 0.717) is 5.02 Å². The Balaban J connectivity index is 2.10. The van der Waals surface area contributed by atoms with E-state index in [1.807, 2.05) is 12.1 Å². The first kappa shape index (κ1) is 16.2. The van der Waals surface area contributed by atoms with Gasteiger partial charge in [-0.15, -0.1) is 0 Å². The number of rotatable bonds is 5. The van der Waals surface area contributed by atoms with Crippen LogP contribution in [0.25, 0.3) is 0 Å². The summed E-state index contributed by atoms with van der Waals surface area (Å²) in [5, 5.41) is 3.31. The third kappa shape index (κ3) is 4.18. The van der Waals surface area contributed by atoms with Crippen LogP contribution in [-0.4, -0.2) is 12.5 Å². The number of alkyl halides is 2. The molecule has 116 valence electrons. The number of amides is 1. The Labute approximate surface area is 131 Å². The third-order valence-electron chi connectivity index (χ3n) is 3.04. The summed E-state index contributed by atoms with van der Waals surface area (Å²) in [7, 11) is 0. The van der Waals surface area contributed by atoms with Crippen molar-refractivity contribution in [1.82, 2.24) is 5.32 Å². The zero-order valence-corrected chi connectivity index (χ0v) is 12.5. The molecule has 0 aliphatic carbocycles. The summed E-state index contributed by atoms with van der Waals surface area (Å²) in [5.74, 6) is -0.458. The highest BCUT2D eigenvalue weighted by molar-refractivity contribution is 6.31. The monoisotopic (exact) mass is 325 g/mol. The fraction of sp³-hybridized carbons (Fsp3) is 0.188. The normalized spacial score (nSPS) is 12.0. The van der Waals surface area contributed by atoms with Crippen LogP contribution in [0.3, 0.4) is 0 Å². The first-order valence-corrected chi connectivity index (χ1v) is 6.95. The standard InChI is InChI=1S/C16H14ClF2NO2/c1-10(13-7-2-3-8-14(13)17)20-15(21)11-5-4-6-12(9-11)22-16(18)19/h2-10,16H,1H3,(H,20,21)/t10-/m0/s1. The number of hydrogen-bond donors (Lipinski definition) is 1. The smallest absolute Gasteiger partial charge is 0.387 e. The van der Waals surface area contributed by atoms with Crippen molar-refractivity contribution in [2.45, 2.75) is 19.6 Å². The van der Waals surface area contributed by atoms with Gasteiger partial charge in [0.1, 0.15) is 5.75 Å². The molecule has 2 rings (SSSR count). The van der Waals surface area contributed by atoms with Gasteiger partial charge in [0.15, 0.2) is 0 Å². The van der Waals surface area contributed by atoms with E-state index in [-0.39, 0.29) is 17.4 Å². The Kier molecular flexibility index (Phi) is 5.33. The zero-order valence-electron chi connectivity index (χ0n) is 11.7. The first-order valence-electron chi connectivity index (χ1n) is 6.57. The second kappa shape index (κ2) is 7.22. The summed E-state index contributed by atoms with van der Waals surface area (Å²) < 4.78 is 28.7. The molecule has 0 heterocycles. The molecule has 22 heavy (non-hydrogen) atoms. The van der Waals surface area contributed by atoms with Crippen LogP contribution in [-0.2, 0) is 0 Å². The lowest BCUT2D eigenvalue weighted by Gasteiger charge is -2.16. The van der Waals surface area contributed by atoms with Crippen molar-refractivity contribution >= 4 is 17.5 Å². The van der Waals surface area contributed by atoms with Crippen molar-refractivity contribution in [3.8, 4) is 5.75 Å². The quantitative estimate of drug-likeness (QED) is 0.883. The number of ether oxygens (including phenoxy) is 1. The van der Waals surface area contributed by atoms with Gasteiger partial charge in [0.25, 0.3) is 5.91 Å². The van der Waals surface area contributed by atoms with Crippen LogP contribution < -0.4 is 10.1 Å². The van der Waals surface area contributed by atoms with Crippen LogP contribution in [0.5, 0.6) is 5.75 Å². The van der Waals surface area contributed by atoms with Crippen molar-refractivity contribution in [2.24, 2.45) is 0 Å². The first-order chi connectivity index (χ1) is 10.5. The van der Waals surface area contributed by atoms with Gasteiger partial charge in [0.2, 0.25) is 0 Å². The van der Waals surface area contributed by atoms with E-state index in [1.54, 1.807) is 19.1 Å². The summed E-state index contributed by atoms with van der Waals surface area (Å²) in [6, 6.07) is 12.5. The van der Waals surface area contributed by atoms with Gasteiger partial charge in [0.05, 0.1) is 6.04 Å². The predicted molar refractivity (Wildman–Crippen MR) is 80.4 cm³/mol. The highest BCUT2D eigenvalue weighted by Crippen LogP contribution is 2.23. The maximum absolute atomic E-state index is 12.2. The molecule has 1 atom stereocenters. The molecule has 1 amide bonds. The number of carbonyl (C=O) groups is 1. The summed E-state index contributed by atoms with van der Waals surface area (Å²) in [4.78, 5) is 12.2. The van der Waals surface area contributed by atoms with Gasteiger partial charge in [-0.1, -0.05) is 35.9 Å². The summed E-state index contributed by atoms with van der Waals surface area (Å²) >= 11 is 6.08. The van der Waals surface area contributed by atoms with Crippen molar-refractivity contribution < 1.29 is 18.3 Å². The summed E-state index contributed by atoms with van der Waals surface area (Å²) in [5.41, 5.74) is 1.01. The lowest BCUT2D eigenvalue weighted by Crippen LogP contribution is -2.26. The third-order valence-corrected chi connectivity index (χ3v) is 3.38. The number of nitrogens with one attached hydrogen (secondary N) is 1. The molecule has 2 aromatic rings. The van der Waals surface area contributed by atoms with Gasteiger partial charge in [-0.05, 0) is 36.8 Å². The highest BCUT2D eigenvalue weighted by Gasteiger charge is 2.14. The van der Waals surface area contributed by atoms with Crippen LogP contribution in [0.4, 0.5) is 8.78 Å². The largest absolute Gasteiger partial charge is 0.435 e. The SMILES string of the molecule is C[C@H](NC(=O)c1cccc(OC(F)F)c1)c1ccccc1Cl. The van der Waals surface area contributed by atoms with Crippen molar-refractivity contribution in [3.63, 3.8) is 0 Å². The molecule has 6 heteroatoms. The second-order valence-corrected chi connectivity index (χ2v) is 5.03. The molecule has 0 bridgehead atoms. The topological polar surface area (TPSA) is 38.3 Å². The lowest BCUT2D eigenvalue weighted by molar-refractivity contribution is -0.0498. The molecule has 3 nitrogen and oxygen atoms in total. The Hall–Kier alpha value is -2.14. The number of benzene rings is 2. The Bertz CT molecular complexity index is 664. The van der Waals surface area contributed by atoms with E-state index in [0.717, 1.165) is 5.56 Å². The predicted octanol–water partition coefficient (Wildman–Crippen LogP) is 4.43. The summed E-state index contributed by atoms with van der Waals surface area (Å²) in [6.07, 6.45) is 0. The minimum absolute atomic E-state index is 0.0620. The highest BCUT2D eigenvalue weighted by atomic mass is 35.5. The van der Waals surface area contributed by atoms with Crippen LogP contribution in [0.15, 0.2) is 48.5 Å². The molecule has 0 aliphatic rings. The molecule has 0 aromatic heterocycles. The maximum atomic E-state index is 12.2. The average molecular weight is 326 g/mol. The fourth-order valence-electron chi connectivity index (χ4n) is 2.00. The molecule has 0 aliphatic heterocycles. The molecule has 0 saturated carbocycles. The molecule has 0 spiro atoms. The molecular formula is C16H14ClF2NO2. The fourth-order valence-corrected chi connectivity index (χ4v) is 2.30. The van der Waals surface area contributed by atoms with Crippen molar-refractivity contribution in [3.05, 3.63) is 64.7 Å². The van der Waals surface area contributed by atoms with Crippen LogP contribution >= 0.6 is 11.6 Å². The van der Waals surface area contributed by atoms with Crippen molar-refractivity contribution in [1.29, 1.82) is 0 Å². The zero-order chi connectivity index (χ0) is 16.1. The minimum atomic E-state index is -2.93. The molecule has 0 radical (unpaired) electrons. The maximum Gasteiger partial charge on any atom is 0.387 e. The van der Waals surface area contributed by atoms with Gasteiger partial charge >= 0.3 is 6.61 Å². The Morgan fingerprint density at radius 1 is 1.18 bits per heavy atom. The molecule has 0 unspecified atom stereocenters. The van der Waals surface area contributed by atoms with E-state index >= 15 is 0 Å². The lowest BCUT2D eigenvalue weighted by atomic mass is 10.1. The molecule has 0 fully saturated rings. The van der Waals surface area contributed by atoms with E-state index in [1.165, 1.54) is 24.3 Å². The van der Waals surface area contributed by atoms with E-state index < -0.39 is 12.5 Å². The Morgan fingerprint density at radius 2 is 1.91 bits per heavy atom. The van der Waals surface area contributed by atoms with E-state index in [4.69, 9.17) is 11.6 Å². The minimum Gasteiger partial charge on any atom is -0.435 e. The Morgan fingerprint density at radius 3 is 2.59 bits per heavy atom. The van der Waals surface area contributed by atoms with E-state index in [9.17, 15) is 13.6 Å². The average Bonchev–Trinajstić information content (AvgIpc) is 2.47. The van der Waals surface area contributed by atoms with Crippen molar-refractivity contribution in [2.75, 3.05) is 0 Å². The summed E-state index contributed by atoms with van der Waals surface area (Å²) in [6.45, 7) is -1.14.